The molecule has 0 saturated carbocycles. The molecule has 18 heteroatoms. The van der Waals surface area contributed by atoms with E-state index < -0.39 is 54.8 Å². The number of hydrogen-bond acceptors (Lipinski definition) is 14. The number of azo groups is 2. The number of sulfone groups is 1. The molecule has 16 nitrogen and oxygen atoms in total. The Balaban J connectivity index is 1.89. The van der Waals surface area contributed by atoms with Gasteiger partial charge in [0, 0.05) is 12.1 Å². The van der Waals surface area contributed by atoms with Crippen LogP contribution in [0.25, 0.3) is 0 Å². The molecule has 3 rings (SSSR count). The fourth-order valence-electron chi connectivity index (χ4n) is 3.47. The van der Waals surface area contributed by atoms with Crippen LogP contribution in [0.15, 0.2) is 79.9 Å². The lowest BCUT2D eigenvalue weighted by Crippen LogP contribution is -2.30. The molecule has 0 atom stereocenters. The van der Waals surface area contributed by atoms with E-state index in [-0.39, 0.29) is 51.9 Å². The number of nitrogens with two attached hydrogens (primary N) is 2. The zero-order valence-electron chi connectivity index (χ0n) is 22.5. The van der Waals surface area contributed by atoms with Gasteiger partial charge in [0.15, 0.2) is 9.84 Å². The molecule has 0 bridgehead atoms. The maximum Gasteiger partial charge on any atom is 0.340 e. The van der Waals surface area contributed by atoms with Gasteiger partial charge in [-0.15, -0.1) is 15.3 Å². The molecule has 7 N–H and O–H groups in total. The quantitative estimate of drug-likeness (QED) is 0.0837. The van der Waals surface area contributed by atoms with Gasteiger partial charge in [0.1, 0.15) is 22.0 Å². The molecule has 3 aromatic rings. The lowest BCUT2D eigenvalue weighted by atomic mass is 10.2. The number of carbonyl (C=O) groups excluding carboxylic acids is 2. The molecule has 0 aromatic heterocycles. The Bertz CT molecular complexity index is 1790. The van der Waals surface area contributed by atoms with E-state index in [0.29, 0.717) is 0 Å². The number of aliphatic hydroxyl groups excluding tert-OH is 1. The van der Waals surface area contributed by atoms with Gasteiger partial charge in [-0.25, -0.2) is 13.2 Å². The van der Waals surface area contributed by atoms with Crippen molar-refractivity contribution in [1.29, 1.82) is 0 Å². The Morgan fingerprint density at radius 3 is 2.16 bits per heavy atom. The van der Waals surface area contributed by atoms with E-state index in [0.717, 1.165) is 6.07 Å². The van der Waals surface area contributed by atoms with Crippen molar-refractivity contribution in [3.05, 3.63) is 65.7 Å². The number of rotatable bonds is 12. The van der Waals surface area contributed by atoms with Crippen LogP contribution in [0.5, 0.6) is 0 Å². The smallest absolute Gasteiger partial charge is 0.340 e. The second-order valence-electron chi connectivity index (χ2n) is 8.63. The summed E-state index contributed by atoms with van der Waals surface area (Å²) in [6.45, 7) is -0.661. The first kappa shape index (κ1) is 32.7. The first-order valence-electron chi connectivity index (χ1n) is 12.2. The summed E-state index contributed by atoms with van der Waals surface area (Å²) in [6.07, 6.45) is 0. The molecule has 3 aromatic carbocycles. The van der Waals surface area contributed by atoms with Crippen LogP contribution in [0.3, 0.4) is 0 Å². The Morgan fingerprint density at radius 2 is 1.53 bits per heavy atom. The number of nitrogens with zero attached hydrogens (tertiary/aromatic N) is 4. The third-order valence-electron chi connectivity index (χ3n) is 5.67. The molecule has 0 radical (unpaired) electrons. The molecule has 0 aliphatic rings. The van der Waals surface area contributed by atoms with Gasteiger partial charge < -0.3 is 26.6 Å². The molecule has 228 valence electrons. The number of carbonyl (C=O) groups is 2. The lowest BCUT2D eigenvalue weighted by molar-refractivity contribution is 0.0601. The van der Waals surface area contributed by atoms with E-state index in [2.05, 4.69) is 25.8 Å². The molecule has 0 saturated heterocycles. The van der Waals surface area contributed by atoms with Crippen LogP contribution >= 0.6 is 0 Å². The van der Waals surface area contributed by atoms with E-state index in [1.54, 1.807) is 12.1 Å². The van der Waals surface area contributed by atoms with Crippen molar-refractivity contribution < 1.29 is 40.8 Å². The van der Waals surface area contributed by atoms with Gasteiger partial charge in [0.2, 0.25) is 0 Å². The summed E-state index contributed by atoms with van der Waals surface area (Å²) in [5.41, 5.74) is 11.2. The number of hydrogen-bond donors (Lipinski definition) is 5. The first-order chi connectivity index (χ1) is 20.3. The van der Waals surface area contributed by atoms with Gasteiger partial charge in [-0.05, 0) is 42.5 Å². The number of aliphatic hydroxyl groups is 1. The molecule has 0 aliphatic heterocycles. The van der Waals surface area contributed by atoms with Crippen molar-refractivity contribution in [2.75, 3.05) is 43.2 Å². The van der Waals surface area contributed by atoms with Crippen molar-refractivity contribution in [3.8, 4) is 0 Å². The van der Waals surface area contributed by atoms with Crippen molar-refractivity contribution in [2.24, 2.45) is 20.5 Å². The number of nitrogen functional groups attached to an aromatic ring is 2. The third-order valence-corrected chi connectivity index (χ3v) is 8.19. The van der Waals surface area contributed by atoms with E-state index in [1.807, 2.05) is 0 Å². The number of esters is 1. The van der Waals surface area contributed by atoms with Gasteiger partial charge in [-0.1, -0.05) is 12.1 Å². The highest BCUT2D eigenvalue weighted by Gasteiger charge is 2.23. The van der Waals surface area contributed by atoms with Gasteiger partial charge in [-0.2, -0.15) is 13.5 Å². The summed E-state index contributed by atoms with van der Waals surface area (Å²) < 4.78 is 61.7. The summed E-state index contributed by atoms with van der Waals surface area (Å²) in [4.78, 5) is 23.6. The lowest BCUT2D eigenvalue weighted by Gasteiger charge is -2.10. The average Bonchev–Trinajstić information content (AvgIpc) is 2.96. The van der Waals surface area contributed by atoms with Gasteiger partial charge >= 0.3 is 5.97 Å². The monoisotopic (exact) mass is 633 g/mol. The van der Waals surface area contributed by atoms with Crippen molar-refractivity contribution in [1.82, 2.24) is 5.32 Å². The molecule has 0 spiro atoms. The fraction of sp³-hybridized carbons (Fsp3) is 0.200. The molecule has 43 heavy (non-hydrogen) atoms. The van der Waals surface area contributed by atoms with Crippen molar-refractivity contribution in [3.63, 3.8) is 0 Å². The fourth-order valence-corrected chi connectivity index (χ4v) is 5.00. The summed E-state index contributed by atoms with van der Waals surface area (Å²) >= 11 is 0. The normalized spacial score (nSPS) is 12.1. The highest BCUT2D eigenvalue weighted by molar-refractivity contribution is 7.91. The highest BCUT2D eigenvalue weighted by atomic mass is 32.2. The maximum absolute atomic E-state index is 12.3. The minimum absolute atomic E-state index is 0.0561. The molecular formula is C25H27N7O9S2. The molecule has 0 unspecified atom stereocenters. The second-order valence-corrected chi connectivity index (χ2v) is 12.3. The van der Waals surface area contributed by atoms with Crippen LogP contribution in [0.1, 0.15) is 20.7 Å². The predicted molar refractivity (Wildman–Crippen MR) is 156 cm³/mol. The minimum Gasteiger partial charge on any atom is -0.465 e. The van der Waals surface area contributed by atoms with Crippen LogP contribution in [0, 0.1) is 0 Å². The predicted octanol–water partition coefficient (Wildman–Crippen LogP) is 2.85. The number of methoxy groups -OCH3 is 1. The number of anilines is 2. The first-order valence-corrected chi connectivity index (χ1v) is 15.4. The second kappa shape index (κ2) is 13.9. The van der Waals surface area contributed by atoms with Crippen LogP contribution in [0.2, 0.25) is 0 Å². The highest BCUT2D eigenvalue weighted by Crippen LogP contribution is 2.43. The number of benzene rings is 3. The Hall–Kier alpha value is -4.78. The topological polar surface area (TPSA) is 266 Å². The molecule has 0 aliphatic carbocycles. The van der Waals surface area contributed by atoms with Gasteiger partial charge in [-0.3, -0.25) is 9.35 Å². The Labute approximate surface area is 246 Å². The zero-order chi connectivity index (χ0) is 31.8. The zero-order valence-corrected chi connectivity index (χ0v) is 24.2. The van der Waals surface area contributed by atoms with E-state index in [4.69, 9.17) is 21.3 Å². The van der Waals surface area contributed by atoms with E-state index in [1.165, 1.54) is 43.5 Å². The third kappa shape index (κ3) is 8.61. The number of nitrogens with one attached hydrogen (secondary N) is 1. The summed E-state index contributed by atoms with van der Waals surface area (Å²) in [5.74, 6) is -1.99. The Morgan fingerprint density at radius 1 is 0.884 bits per heavy atom. The largest absolute Gasteiger partial charge is 0.465 e. The average molecular weight is 634 g/mol. The van der Waals surface area contributed by atoms with Crippen LogP contribution < -0.4 is 16.8 Å². The summed E-state index contributed by atoms with van der Waals surface area (Å²) in [7, 11) is -7.19. The SMILES string of the molecule is COC(=O)c1ccccc1N=Nc1c(N)c(N=Nc2ccc(C(=O)NCCS(=O)(=O)CCO)cc2)cc(S(=O)(=O)O)c1N. The molecule has 0 heterocycles. The maximum atomic E-state index is 12.3. The molecule has 1 amide bonds. The van der Waals surface area contributed by atoms with E-state index >= 15 is 0 Å². The van der Waals surface area contributed by atoms with Gasteiger partial charge in [0.05, 0.1) is 47.8 Å². The van der Waals surface area contributed by atoms with Crippen LogP contribution in [0.4, 0.5) is 34.1 Å². The van der Waals surface area contributed by atoms with E-state index in [9.17, 15) is 31.0 Å². The Kier molecular flexibility index (Phi) is 10.6. The van der Waals surface area contributed by atoms with Crippen LogP contribution in [-0.2, 0) is 24.7 Å². The van der Waals surface area contributed by atoms with Crippen molar-refractivity contribution in [2.45, 2.75) is 4.90 Å². The van der Waals surface area contributed by atoms with Crippen LogP contribution in [-0.4, -0.2) is 70.1 Å². The minimum atomic E-state index is -4.87. The molecule has 0 fully saturated rings. The number of ether oxygens (including phenoxy) is 1. The standard InChI is InChI=1S/C25H27N7O9S2/c1-41-25(35)17-4-2-3-5-18(17)30-32-23-21(26)19(14-20(22(23)27)43(38,39)40)31-29-16-8-6-15(7-9-16)24(34)28-10-12-42(36,37)13-11-33/h2-9,14,33H,10-13,26-27H2,1H3,(H,28,34)(H,38,39,40). The molecular weight excluding hydrogens is 606 g/mol. The number of amides is 1. The van der Waals surface area contributed by atoms with Crippen molar-refractivity contribution >= 4 is 66.0 Å². The summed E-state index contributed by atoms with van der Waals surface area (Å²) in [5, 5.41) is 27.0. The van der Waals surface area contributed by atoms with Gasteiger partial charge in [0.25, 0.3) is 16.0 Å². The summed E-state index contributed by atoms with van der Waals surface area (Å²) in [6, 6.07) is 12.5.